The Morgan fingerprint density at radius 3 is 2.92 bits per heavy atom. The summed E-state index contributed by atoms with van der Waals surface area (Å²) >= 11 is 7.90. The molecule has 0 amide bonds. The van der Waals surface area contributed by atoms with Crippen molar-refractivity contribution in [3.8, 4) is 11.1 Å². The number of anilines is 1. The molecule has 1 fully saturated rings. The van der Waals surface area contributed by atoms with Crippen molar-refractivity contribution in [2.45, 2.75) is 12.6 Å². The summed E-state index contributed by atoms with van der Waals surface area (Å²) in [6, 6.07) is 3.79. The average molecular weight is 364 g/mol. The zero-order valence-corrected chi connectivity index (χ0v) is 14.6. The van der Waals surface area contributed by atoms with Crippen molar-refractivity contribution in [2.24, 2.45) is 0 Å². The van der Waals surface area contributed by atoms with Crippen LogP contribution >= 0.6 is 23.5 Å². The van der Waals surface area contributed by atoms with E-state index in [1.807, 2.05) is 29.5 Å². The summed E-state index contributed by atoms with van der Waals surface area (Å²) in [7, 11) is 0. The first kappa shape index (κ1) is 15.7. The van der Waals surface area contributed by atoms with E-state index in [1.165, 1.54) is 11.9 Å². The van der Waals surface area contributed by atoms with E-state index in [4.69, 9.17) is 16.6 Å². The summed E-state index contributed by atoms with van der Waals surface area (Å²) in [4.78, 5) is 11.0. The Labute approximate surface area is 148 Å². The van der Waals surface area contributed by atoms with E-state index < -0.39 is 6.17 Å². The van der Waals surface area contributed by atoms with Gasteiger partial charge < -0.3 is 4.90 Å². The first-order chi connectivity index (χ1) is 11.7. The molecule has 1 aliphatic rings. The summed E-state index contributed by atoms with van der Waals surface area (Å²) in [5.41, 5.74) is 3.16. The van der Waals surface area contributed by atoms with Gasteiger partial charge in [-0.05, 0) is 30.5 Å². The number of pyridine rings is 2. The van der Waals surface area contributed by atoms with Gasteiger partial charge in [0, 0.05) is 36.3 Å². The van der Waals surface area contributed by atoms with Crippen LogP contribution in [0.5, 0.6) is 0 Å². The summed E-state index contributed by atoms with van der Waals surface area (Å²) in [5.74, 6) is 0.755. The second-order valence-corrected chi connectivity index (χ2v) is 6.81. The largest absolute Gasteiger partial charge is 0.354 e. The van der Waals surface area contributed by atoms with Crippen molar-refractivity contribution < 1.29 is 4.39 Å². The van der Waals surface area contributed by atoms with Crippen LogP contribution in [0.2, 0.25) is 5.02 Å². The summed E-state index contributed by atoms with van der Waals surface area (Å²) in [6.07, 6.45) is 7.00. The van der Waals surface area contributed by atoms with E-state index in [0.29, 0.717) is 30.0 Å². The van der Waals surface area contributed by atoms with Crippen LogP contribution in [0, 0.1) is 0 Å². The minimum Gasteiger partial charge on any atom is -0.354 e. The van der Waals surface area contributed by atoms with Gasteiger partial charge in [0.25, 0.3) is 0 Å². The Morgan fingerprint density at radius 2 is 2.21 bits per heavy atom. The van der Waals surface area contributed by atoms with Gasteiger partial charge in [-0.25, -0.2) is 13.5 Å². The number of nitrogens with zero attached hydrogens (tertiary/aromatic N) is 5. The highest BCUT2D eigenvalue weighted by molar-refractivity contribution is 7.97. The lowest BCUT2D eigenvalue weighted by Crippen LogP contribution is -2.21. The first-order valence-electron chi connectivity index (χ1n) is 7.59. The lowest BCUT2D eigenvalue weighted by molar-refractivity contribution is 0.364. The molecule has 24 heavy (non-hydrogen) atoms. The Balaban J connectivity index is 1.86. The van der Waals surface area contributed by atoms with Gasteiger partial charge in [-0.1, -0.05) is 11.6 Å². The van der Waals surface area contributed by atoms with Crippen molar-refractivity contribution in [3.05, 3.63) is 35.7 Å². The van der Waals surface area contributed by atoms with Crippen molar-refractivity contribution in [3.63, 3.8) is 0 Å². The van der Waals surface area contributed by atoms with E-state index in [9.17, 15) is 4.39 Å². The van der Waals surface area contributed by atoms with Gasteiger partial charge >= 0.3 is 0 Å². The lowest BCUT2D eigenvalue weighted by atomic mass is 10.1. The molecule has 1 unspecified atom stereocenters. The molecule has 3 aromatic rings. The molecule has 1 saturated heterocycles. The van der Waals surface area contributed by atoms with Gasteiger partial charge in [-0.3, -0.25) is 4.98 Å². The maximum absolute atomic E-state index is 13.5. The predicted molar refractivity (Wildman–Crippen MR) is 96.4 cm³/mol. The lowest BCUT2D eigenvalue weighted by Gasteiger charge is -2.17. The van der Waals surface area contributed by atoms with Crippen LogP contribution in [-0.4, -0.2) is 44.7 Å². The quantitative estimate of drug-likeness (QED) is 0.708. The second kappa shape index (κ2) is 6.22. The highest BCUT2D eigenvalue weighted by Crippen LogP contribution is 2.34. The molecular formula is C16H15ClFN5S. The summed E-state index contributed by atoms with van der Waals surface area (Å²) in [5, 5.41) is 4.81. The summed E-state index contributed by atoms with van der Waals surface area (Å²) in [6.45, 7) is 1.06. The molecule has 4 rings (SSSR count). The molecule has 0 saturated carbocycles. The molecule has 0 bridgehead atoms. The minimum absolute atomic E-state index is 0.381. The average Bonchev–Trinajstić information content (AvgIpc) is 3.23. The smallest absolute Gasteiger partial charge is 0.129 e. The molecule has 8 heteroatoms. The van der Waals surface area contributed by atoms with Gasteiger partial charge in [-0.2, -0.15) is 5.10 Å². The Bertz CT molecular complexity index is 899. The van der Waals surface area contributed by atoms with Crippen molar-refractivity contribution in [1.29, 1.82) is 0 Å². The van der Waals surface area contributed by atoms with Gasteiger partial charge in [0.1, 0.15) is 17.5 Å². The van der Waals surface area contributed by atoms with Gasteiger partial charge in [0.05, 0.1) is 23.3 Å². The number of hydrogen-bond acceptors (Lipinski definition) is 5. The molecule has 0 radical (unpaired) electrons. The topological polar surface area (TPSA) is 46.8 Å². The van der Waals surface area contributed by atoms with Crippen LogP contribution in [-0.2, 0) is 0 Å². The fraction of sp³-hybridized carbons (Fsp3) is 0.312. The maximum atomic E-state index is 13.5. The highest BCUT2D eigenvalue weighted by atomic mass is 35.5. The minimum atomic E-state index is -0.792. The molecule has 0 spiro atoms. The maximum Gasteiger partial charge on any atom is 0.129 e. The van der Waals surface area contributed by atoms with Crippen molar-refractivity contribution in [1.82, 2.24) is 19.2 Å². The number of alkyl halides is 1. The molecule has 3 aromatic heterocycles. The van der Waals surface area contributed by atoms with Crippen molar-refractivity contribution >= 4 is 40.4 Å². The molecule has 0 N–H and O–H groups in total. The van der Waals surface area contributed by atoms with E-state index in [2.05, 4.69) is 10.1 Å². The third kappa shape index (κ3) is 2.71. The fourth-order valence-corrected chi connectivity index (χ4v) is 3.55. The Morgan fingerprint density at radius 1 is 1.33 bits per heavy atom. The molecule has 1 atom stereocenters. The molecular weight excluding hydrogens is 349 g/mol. The second-order valence-electron chi connectivity index (χ2n) is 5.66. The molecule has 4 heterocycles. The summed E-state index contributed by atoms with van der Waals surface area (Å²) < 4.78 is 15.3. The predicted octanol–water partition coefficient (Wildman–Crippen LogP) is 3.82. The van der Waals surface area contributed by atoms with E-state index in [-0.39, 0.29) is 0 Å². The third-order valence-electron chi connectivity index (χ3n) is 4.14. The molecule has 5 nitrogen and oxygen atoms in total. The molecule has 0 aliphatic carbocycles. The zero-order chi connectivity index (χ0) is 16.7. The van der Waals surface area contributed by atoms with E-state index in [0.717, 1.165) is 22.5 Å². The monoisotopic (exact) mass is 363 g/mol. The Kier molecular flexibility index (Phi) is 4.05. The van der Waals surface area contributed by atoms with Crippen molar-refractivity contribution in [2.75, 3.05) is 24.2 Å². The van der Waals surface area contributed by atoms with Crippen LogP contribution < -0.4 is 4.90 Å². The third-order valence-corrected chi connectivity index (χ3v) is 5.00. The molecule has 0 aromatic carbocycles. The SMILES string of the molecule is CSn1cc(-c2c(Cl)cnc3ccc(N4CCC(F)C4)nc23)cn1. The van der Waals surface area contributed by atoms with Crippen LogP contribution in [0.4, 0.5) is 10.2 Å². The number of rotatable bonds is 3. The standard InChI is InChI=1S/C16H15ClFN5S/c1-24-23-8-10(6-20-23)15-12(17)7-19-13-2-3-14(21-16(13)15)22-5-4-11(18)9-22/h2-3,6-8,11H,4-5,9H2,1H3. The number of fused-ring (bicyclic) bond motifs is 1. The van der Waals surface area contributed by atoms with Gasteiger partial charge in [0.2, 0.25) is 0 Å². The van der Waals surface area contributed by atoms with Gasteiger partial charge in [-0.15, -0.1) is 0 Å². The fourth-order valence-electron chi connectivity index (χ4n) is 2.94. The molecule has 1 aliphatic heterocycles. The van der Waals surface area contributed by atoms with E-state index in [1.54, 1.807) is 16.5 Å². The highest BCUT2D eigenvalue weighted by Gasteiger charge is 2.23. The molecule has 124 valence electrons. The number of aromatic nitrogens is 4. The number of halogens is 2. The van der Waals surface area contributed by atoms with Crippen LogP contribution in [0.3, 0.4) is 0 Å². The Hall–Kier alpha value is -1.86. The van der Waals surface area contributed by atoms with E-state index >= 15 is 0 Å². The van der Waals surface area contributed by atoms with Crippen LogP contribution in [0.15, 0.2) is 30.7 Å². The van der Waals surface area contributed by atoms with Gasteiger partial charge in [0.15, 0.2) is 0 Å². The van der Waals surface area contributed by atoms with Crippen LogP contribution in [0.25, 0.3) is 22.2 Å². The normalized spacial score (nSPS) is 17.8. The first-order valence-corrected chi connectivity index (χ1v) is 9.15. The number of hydrogen-bond donors (Lipinski definition) is 0. The van der Waals surface area contributed by atoms with Crippen LogP contribution in [0.1, 0.15) is 6.42 Å². The zero-order valence-electron chi connectivity index (χ0n) is 13.0.